The van der Waals surface area contributed by atoms with Gasteiger partial charge in [-0.05, 0) is 86.1 Å². The van der Waals surface area contributed by atoms with Crippen molar-refractivity contribution in [2.24, 2.45) is 5.92 Å². The molecule has 2 atom stereocenters. The van der Waals surface area contributed by atoms with E-state index in [1.165, 1.54) is 6.07 Å². The van der Waals surface area contributed by atoms with Crippen molar-refractivity contribution in [3.05, 3.63) is 94.8 Å². The maximum Gasteiger partial charge on any atom is 0.257 e. The van der Waals surface area contributed by atoms with Crippen LogP contribution in [0, 0.1) is 18.7 Å². The van der Waals surface area contributed by atoms with Crippen LogP contribution in [-0.2, 0) is 10.2 Å². The summed E-state index contributed by atoms with van der Waals surface area (Å²) in [5, 5.41) is 13.4. The number of hydrogen-bond donors (Lipinski definition) is 2. The summed E-state index contributed by atoms with van der Waals surface area (Å²) in [4.78, 5) is 31.5. The van der Waals surface area contributed by atoms with Crippen LogP contribution in [-0.4, -0.2) is 47.6 Å². The van der Waals surface area contributed by atoms with Gasteiger partial charge in [-0.2, -0.15) is 0 Å². The van der Waals surface area contributed by atoms with E-state index in [1.54, 1.807) is 37.8 Å². The lowest BCUT2D eigenvalue weighted by Gasteiger charge is -2.41. The Bertz CT molecular complexity index is 1400. The molecule has 0 aromatic heterocycles. The fourth-order valence-corrected chi connectivity index (χ4v) is 5.85. The van der Waals surface area contributed by atoms with E-state index in [1.807, 2.05) is 60.5 Å². The lowest BCUT2D eigenvalue weighted by atomic mass is 9.83. The number of likely N-dealkylation sites (tertiary alicyclic amines) is 1. The minimum Gasteiger partial charge on any atom is -0.389 e. The van der Waals surface area contributed by atoms with Gasteiger partial charge in [-0.1, -0.05) is 57.2 Å². The third-order valence-electron chi connectivity index (χ3n) is 7.96. The highest BCUT2D eigenvalue weighted by Gasteiger charge is 2.40. The molecule has 6 nitrogen and oxygen atoms in total. The van der Waals surface area contributed by atoms with Crippen molar-refractivity contribution in [2.75, 3.05) is 30.4 Å². The van der Waals surface area contributed by atoms with Crippen LogP contribution < -0.4 is 10.2 Å². The predicted molar refractivity (Wildman–Crippen MR) is 167 cm³/mol. The molecule has 224 valence electrons. The summed E-state index contributed by atoms with van der Waals surface area (Å²) >= 11 is 0. The normalized spacial score (nSPS) is 17.6. The van der Waals surface area contributed by atoms with Crippen molar-refractivity contribution in [3.8, 4) is 0 Å². The molecule has 0 radical (unpaired) electrons. The van der Waals surface area contributed by atoms with Gasteiger partial charge in [0.1, 0.15) is 5.82 Å². The topological polar surface area (TPSA) is 72.9 Å². The molecule has 0 bridgehead atoms. The third kappa shape index (κ3) is 7.19. The quantitative estimate of drug-likeness (QED) is 0.324. The molecule has 3 aromatic carbocycles. The minimum absolute atomic E-state index is 0.0444. The number of carbonyl (C=O) groups is 2. The van der Waals surface area contributed by atoms with Gasteiger partial charge in [0, 0.05) is 31.5 Å². The van der Waals surface area contributed by atoms with E-state index in [9.17, 15) is 19.1 Å². The lowest BCUT2D eigenvalue weighted by Crippen LogP contribution is -2.46. The zero-order valence-electron chi connectivity index (χ0n) is 25.9. The summed E-state index contributed by atoms with van der Waals surface area (Å²) in [6.07, 6.45) is 1.22. The molecular weight excluding hydrogens is 529 g/mol. The van der Waals surface area contributed by atoms with Gasteiger partial charge in [0.2, 0.25) is 5.91 Å². The molecular formula is C35H44FN3O3. The number of aliphatic hydroxyl groups is 1. The number of hydrogen-bond acceptors (Lipinski definition) is 4. The number of benzene rings is 3. The summed E-state index contributed by atoms with van der Waals surface area (Å²) in [6, 6.07) is 19.7. The number of amides is 2. The number of aryl methyl sites for hydroxylation is 1. The molecule has 1 fully saturated rings. The largest absolute Gasteiger partial charge is 0.389 e. The van der Waals surface area contributed by atoms with E-state index < -0.39 is 29.3 Å². The smallest absolute Gasteiger partial charge is 0.257 e. The molecule has 7 heteroatoms. The van der Waals surface area contributed by atoms with E-state index in [0.29, 0.717) is 37.2 Å². The van der Waals surface area contributed by atoms with Gasteiger partial charge in [0.25, 0.3) is 5.91 Å². The monoisotopic (exact) mass is 573 g/mol. The van der Waals surface area contributed by atoms with E-state index in [4.69, 9.17) is 0 Å². The summed E-state index contributed by atoms with van der Waals surface area (Å²) in [5.74, 6) is -1.68. The van der Waals surface area contributed by atoms with E-state index in [2.05, 4.69) is 26.1 Å². The lowest BCUT2D eigenvalue weighted by molar-refractivity contribution is -0.123. The third-order valence-corrected chi connectivity index (χ3v) is 7.96. The molecule has 1 aliphatic rings. The molecule has 0 saturated carbocycles. The molecule has 4 rings (SSSR count). The first-order valence-electron chi connectivity index (χ1n) is 14.7. The Morgan fingerprint density at radius 3 is 2.31 bits per heavy atom. The first-order chi connectivity index (χ1) is 19.7. The fourth-order valence-electron chi connectivity index (χ4n) is 5.85. The van der Waals surface area contributed by atoms with Crippen molar-refractivity contribution in [1.82, 2.24) is 4.90 Å². The average Bonchev–Trinajstić information content (AvgIpc) is 2.91. The Hall–Kier alpha value is -3.71. The SMILES string of the molecule is Cc1cccc(F)c1C(=O)N1CCCC(C(=O)Nc2cccc(C(C)(C)C)c2)C1c1ccc(N(C)CC(C)(C)O)cc1. The molecule has 1 aliphatic heterocycles. The van der Waals surface area contributed by atoms with E-state index >= 15 is 0 Å². The number of anilines is 2. The Morgan fingerprint density at radius 1 is 1.02 bits per heavy atom. The number of carbonyl (C=O) groups excluding carboxylic acids is 2. The van der Waals surface area contributed by atoms with Gasteiger partial charge >= 0.3 is 0 Å². The zero-order valence-corrected chi connectivity index (χ0v) is 25.9. The molecule has 3 aromatic rings. The molecule has 2 N–H and O–H groups in total. The van der Waals surface area contributed by atoms with Gasteiger partial charge in [-0.25, -0.2) is 4.39 Å². The molecule has 42 heavy (non-hydrogen) atoms. The van der Waals surface area contributed by atoms with Crippen molar-refractivity contribution < 1.29 is 19.1 Å². The van der Waals surface area contributed by atoms with Crippen LogP contribution in [0.2, 0.25) is 0 Å². The van der Waals surface area contributed by atoms with Crippen molar-refractivity contribution in [2.45, 2.75) is 71.4 Å². The second-order valence-electron chi connectivity index (χ2n) is 13.2. The second-order valence-corrected chi connectivity index (χ2v) is 13.2. The van der Waals surface area contributed by atoms with Crippen molar-refractivity contribution in [3.63, 3.8) is 0 Å². The number of piperidine rings is 1. The van der Waals surface area contributed by atoms with Gasteiger partial charge in [-0.15, -0.1) is 0 Å². The minimum atomic E-state index is -0.870. The van der Waals surface area contributed by atoms with Crippen LogP contribution in [0.4, 0.5) is 15.8 Å². The van der Waals surface area contributed by atoms with Crippen LogP contribution in [0.5, 0.6) is 0 Å². The Kier molecular flexibility index (Phi) is 9.12. The highest BCUT2D eigenvalue weighted by molar-refractivity contribution is 5.98. The molecule has 0 spiro atoms. The predicted octanol–water partition coefficient (Wildman–Crippen LogP) is 6.87. The van der Waals surface area contributed by atoms with Gasteiger partial charge in [-0.3, -0.25) is 9.59 Å². The van der Waals surface area contributed by atoms with Crippen LogP contribution in [0.1, 0.15) is 80.6 Å². The first-order valence-corrected chi connectivity index (χ1v) is 14.7. The average molecular weight is 574 g/mol. The van der Waals surface area contributed by atoms with Crippen molar-refractivity contribution in [1.29, 1.82) is 0 Å². The summed E-state index contributed by atoms with van der Waals surface area (Å²) in [6.45, 7) is 12.5. The Morgan fingerprint density at radius 2 is 1.69 bits per heavy atom. The van der Waals surface area contributed by atoms with Crippen LogP contribution in [0.25, 0.3) is 0 Å². The second kappa shape index (κ2) is 12.3. The fraction of sp³-hybridized carbons (Fsp3) is 0.429. The van der Waals surface area contributed by atoms with Gasteiger partial charge in [0.05, 0.1) is 23.1 Å². The first kappa shape index (κ1) is 31.2. The molecule has 0 aliphatic carbocycles. The number of nitrogens with one attached hydrogen (secondary N) is 1. The summed E-state index contributed by atoms with van der Waals surface area (Å²) in [5.41, 5.74) is 3.19. The highest BCUT2D eigenvalue weighted by Crippen LogP contribution is 2.39. The molecule has 2 unspecified atom stereocenters. The number of rotatable bonds is 7. The Balaban J connectivity index is 1.71. The number of nitrogens with zero attached hydrogens (tertiary/aromatic N) is 2. The van der Waals surface area contributed by atoms with E-state index in [-0.39, 0.29) is 16.9 Å². The summed E-state index contributed by atoms with van der Waals surface area (Å²) < 4.78 is 15.0. The molecule has 1 heterocycles. The molecule has 2 amide bonds. The number of likely N-dealkylation sites (N-methyl/N-ethyl adjacent to an activating group) is 1. The highest BCUT2D eigenvalue weighted by atomic mass is 19.1. The van der Waals surface area contributed by atoms with Crippen LogP contribution >= 0.6 is 0 Å². The van der Waals surface area contributed by atoms with Crippen LogP contribution in [0.3, 0.4) is 0 Å². The summed E-state index contributed by atoms with van der Waals surface area (Å²) in [7, 11) is 1.91. The molecule has 1 saturated heterocycles. The van der Waals surface area contributed by atoms with Gasteiger partial charge in [0.15, 0.2) is 0 Å². The maximum atomic E-state index is 15.0. The zero-order chi connectivity index (χ0) is 30.8. The van der Waals surface area contributed by atoms with Gasteiger partial charge < -0.3 is 20.2 Å². The maximum absolute atomic E-state index is 15.0. The van der Waals surface area contributed by atoms with Crippen LogP contribution in [0.15, 0.2) is 66.7 Å². The Labute approximate surface area is 249 Å². The van der Waals surface area contributed by atoms with E-state index in [0.717, 1.165) is 16.8 Å². The van der Waals surface area contributed by atoms with Crippen molar-refractivity contribution >= 4 is 23.2 Å². The number of halogens is 1. The standard InChI is InChI=1S/C35H44FN3O3/c1-23-11-8-15-29(36)30(23)33(41)39-20-10-14-28(32(40)37-26-13-9-12-25(21-26)34(2,3)4)31(39)24-16-18-27(19-17-24)38(7)22-35(5,6)42/h8-9,11-13,15-19,21,28,31,42H,10,14,20,22H2,1-7H3,(H,37,40).